The first-order chi connectivity index (χ1) is 7.50. The summed E-state index contributed by atoms with van der Waals surface area (Å²) in [4.78, 5) is 10.4. The molecule has 1 aliphatic rings. The van der Waals surface area contributed by atoms with Crippen LogP contribution < -0.4 is 9.88 Å². The van der Waals surface area contributed by atoms with E-state index in [1.165, 1.54) is 18.2 Å². The summed E-state index contributed by atoms with van der Waals surface area (Å²) in [6.45, 7) is 0. The molecule has 1 aromatic carbocycles. The van der Waals surface area contributed by atoms with Crippen LogP contribution in [0.3, 0.4) is 0 Å². The van der Waals surface area contributed by atoms with Crippen LogP contribution in [-0.2, 0) is 10.0 Å². The Hall–Kier alpha value is -1.40. The molecule has 0 atom stereocenters. The van der Waals surface area contributed by atoms with E-state index in [1.807, 2.05) is 0 Å². The molecule has 0 heterocycles. The molecule has 2 N–H and O–H groups in total. The Morgan fingerprint density at radius 1 is 1.38 bits per heavy atom. The van der Waals surface area contributed by atoms with E-state index in [9.17, 15) is 13.2 Å². The molecule has 16 heavy (non-hydrogen) atoms. The second-order valence-corrected chi connectivity index (χ2v) is 5.22. The molecular weight excluding hydrogens is 230 g/mol. The van der Waals surface area contributed by atoms with Crippen molar-refractivity contribution in [2.45, 2.75) is 23.8 Å². The quantitative estimate of drug-likeness (QED) is 0.785. The van der Waals surface area contributed by atoms with Crippen LogP contribution in [0.2, 0.25) is 0 Å². The number of primary sulfonamides is 1. The Labute approximate surface area is 93.3 Å². The van der Waals surface area contributed by atoms with Gasteiger partial charge in [0.25, 0.3) is 0 Å². The molecule has 0 spiro atoms. The molecule has 0 saturated heterocycles. The van der Waals surface area contributed by atoms with Crippen LogP contribution in [0.5, 0.6) is 5.75 Å². The minimum atomic E-state index is -3.87. The van der Waals surface area contributed by atoms with Gasteiger partial charge in [0.1, 0.15) is 16.9 Å². The average Bonchev–Trinajstić information content (AvgIpc) is 3.01. The van der Waals surface area contributed by atoms with Crippen LogP contribution in [0.1, 0.15) is 23.2 Å². The van der Waals surface area contributed by atoms with E-state index in [4.69, 9.17) is 9.88 Å². The van der Waals surface area contributed by atoms with Crippen LogP contribution in [-0.4, -0.2) is 20.8 Å². The summed E-state index contributed by atoms with van der Waals surface area (Å²) in [5.74, 6) is 0.218. The fourth-order valence-electron chi connectivity index (χ4n) is 1.28. The summed E-state index contributed by atoms with van der Waals surface area (Å²) < 4.78 is 28.0. The molecule has 1 fully saturated rings. The van der Waals surface area contributed by atoms with E-state index in [-0.39, 0.29) is 22.3 Å². The molecule has 0 radical (unpaired) electrons. The highest BCUT2D eigenvalue weighted by atomic mass is 32.2. The van der Waals surface area contributed by atoms with Crippen LogP contribution in [0, 0.1) is 0 Å². The molecular formula is C10H11NO4S. The lowest BCUT2D eigenvalue weighted by molar-refractivity contribution is 0.112. The zero-order valence-electron chi connectivity index (χ0n) is 8.42. The Morgan fingerprint density at radius 2 is 2.06 bits per heavy atom. The van der Waals surface area contributed by atoms with Crippen LogP contribution in [0.25, 0.3) is 0 Å². The predicted octanol–water partition coefficient (Wildman–Crippen LogP) is 0.688. The van der Waals surface area contributed by atoms with Gasteiger partial charge in [-0.25, -0.2) is 13.6 Å². The molecule has 1 saturated carbocycles. The number of hydrogen-bond donors (Lipinski definition) is 1. The zero-order chi connectivity index (χ0) is 11.8. The van der Waals surface area contributed by atoms with Crippen LogP contribution in [0.4, 0.5) is 0 Å². The molecule has 0 aliphatic heterocycles. The molecule has 6 heteroatoms. The zero-order valence-corrected chi connectivity index (χ0v) is 9.24. The lowest BCUT2D eigenvalue weighted by atomic mass is 10.2. The van der Waals surface area contributed by atoms with Crippen molar-refractivity contribution in [3.63, 3.8) is 0 Å². The maximum Gasteiger partial charge on any atom is 0.241 e. The lowest BCUT2D eigenvalue weighted by Crippen LogP contribution is -2.14. The van der Waals surface area contributed by atoms with Crippen LogP contribution in [0.15, 0.2) is 23.1 Å². The Bertz CT molecular complexity index is 520. The Morgan fingerprint density at radius 3 is 2.56 bits per heavy atom. The van der Waals surface area contributed by atoms with E-state index in [2.05, 4.69) is 0 Å². The first-order valence-corrected chi connectivity index (χ1v) is 6.34. The third-order valence-corrected chi connectivity index (χ3v) is 3.16. The highest BCUT2D eigenvalue weighted by Gasteiger charge is 2.26. The van der Waals surface area contributed by atoms with Gasteiger partial charge in [-0.2, -0.15) is 0 Å². The number of ether oxygens (including phenoxy) is 1. The monoisotopic (exact) mass is 241 g/mol. The Kier molecular flexibility index (Phi) is 2.69. The molecule has 1 aliphatic carbocycles. The fraction of sp³-hybridized carbons (Fsp3) is 0.300. The highest BCUT2D eigenvalue weighted by molar-refractivity contribution is 7.89. The Balaban J connectivity index is 2.45. The average molecular weight is 241 g/mol. The van der Waals surface area contributed by atoms with Gasteiger partial charge in [-0.05, 0) is 31.0 Å². The van der Waals surface area contributed by atoms with Gasteiger partial charge in [0.15, 0.2) is 0 Å². The summed E-state index contributed by atoms with van der Waals surface area (Å²) in [5, 5.41) is 5.05. The molecule has 1 aromatic rings. The SMILES string of the molecule is NS(=O)(=O)c1cc(C=O)ccc1OC1CC1. The largest absolute Gasteiger partial charge is 0.489 e. The lowest BCUT2D eigenvalue weighted by Gasteiger charge is -2.09. The fourth-order valence-corrected chi connectivity index (χ4v) is 1.98. The van der Waals surface area contributed by atoms with Crippen molar-refractivity contribution in [3.05, 3.63) is 23.8 Å². The van der Waals surface area contributed by atoms with Crippen LogP contribution >= 0.6 is 0 Å². The van der Waals surface area contributed by atoms with Gasteiger partial charge in [0.05, 0.1) is 6.10 Å². The number of rotatable bonds is 4. The van der Waals surface area contributed by atoms with E-state index in [0.717, 1.165) is 12.8 Å². The third-order valence-electron chi connectivity index (χ3n) is 2.23. The highest BCUT2D eigenvalue weighted by Crippen LogP contribution is 2.31. The first kappa shape index (κ1) is 11.1. The number of nitrogens with two attached hydrogens (primary N) is 1. The van der Waals surface area contributed by atoms with E-state index >= 15 is 0 Å². The van der Waals surface area contributed by atoms with Crippen molar-refractivity contribution in [3.8, 4) is 5.75 Å². The minimum Gasteiger partial charge on any atom is -0.489 e. The number of aldehydes is 1. The van der Waals surface area contributed by atoms with Crippen molar-refractivity contribution in [2.24, 2.45) is 5.14 Å². The summed E-state index contributed by atoms with van der Waals surface area (Å²) >= 11 is 0. The van der Waals surface area contributed by atoms with Gasteiger partial charge in [-0.15, -0.1) is 0 Å². The second kappa shape index (κ2) is 3.88. The maximum atomic E-state index is 11.3. The normalized spacial score (nSPS) is 15.8. The van der Waals surface area contributed by atoms with E-state index in [1.54, 1.807) is 0 Å². The van der Waals surface area contributed by atoms with Gasteiger partial charge in [-0.3, -0.25) is 4.79 Å². The van der Waals surface area contributed by atoms with E-state index < -0.39 is 10.0 Å². The first-order valence-electron chi connectivity index (χ1n) is 4.79. The van der Waals surface area contributed by atoms with Gasteiger partial charge < -0.3 is 4.74 Å². The van der Waals surface area contributed by atoms with Gasteiger partial charge in [0, 0.05) is 5.56 Å². The molecule has 86 valence electrons. The molecule has 5 nitrogen and oxygen atoms in total. The predicted molar refractivity (Wildman–Crippen MR) is 56.9 cm³/mol. The smallest absolute Gasteiger partial charge is 0.241 e. The molecule has 0 bridgehead atoms. The van der Waals surface area contributed by atoms with Crippen molar-refractivity contribution in [2.75, 3.05) is 0 Å². The number of carbonyl (C=O) groups is 1. The van der Waals surface area contributed by atoms with Gasteiger partial charge in [0.2, 0.25) is 10.0 Å². The van der Waals surface area contributed by atoms with E-state index in [0.29, 0.717) is 6.29 Å². The van der Waals surface area contributed by atoms with Gasteiger partial charge in [-0.1, -0.05) is 0 Å². The van der Waals surface area contributed by atoms with Gasteiger partial charge >= 0.3 is 0 Å². The summed E-state index contributed by atoms with van der Waals surface area (Å²) in [5.41, 5.74) is 0.257. The molecule has 0 unspecified atom stereocenters. The second-order valence-electron chi connectivity index (χ2n) is 3.69. The van der Waals surface area contributed by atoms with Crippen molar-refractivity contribution >= 4 is 16.3 Å². The standard InChI is InChI=1S/C10H11NO4S/c11-16(13,14)10-5-7(6-12)1-4-9(10)15-8-2-3-8/h1,4-6,8H,2-3H2,(H2,11,13,14). The molecule has 0 aromatic heterocycles. The summed E-state index contributed by atoms with van der Waals surface area (Å²) in [7, 11) is -3.87. The number of sulfonamides is 1. The number of benzene rings is 1. The molecule has 2 rings (SSSR count). The summed E-state index contributed by atoms with van der Waals surface area (Å²) in [6.07, 6.45) is 2.47. The number of carbonyl (C=O) groups excluding carboxylic acids is 1. The van der Waals surface area contributed by atoms with Crippen molar-refractivity contribution < 1.29 is 17.9 Å². The summed E-state index contributed by atoms with van der Waals surface area (Å²) in [6, 6.07) is 4.18. The maximum absolute atomic E-state index is 11.3. The third kappa shape index (κ3) is 2.40. The molecule has 0 amide bonds. The number of hydrogen-bond acceptors (Lipinski definition) is 4. The topological polar surface area (TPSA) is 86.5 Å². The van der Waals surface area contributed by atoms with Crippen molar-refractivity contribution in [1.29, 1.82) is 0 Å². The van der Waals surface area contributed by atoms with Crippen molar-refractivity contribution in [1.82, 2.24) is 0 Å². The minimum absolute atomic E-state index is 0.0718.